The number of nitrogens with zero attached hydrogens (tertiary/aromatic N) is 1. The highest BCUT2D eigenvalue weighted by atomic mass is 15.2. The van der Waals surface area contributed by atoms with Crippen molar-refractivity contribution in [2.45, 2.75) is 77.8 Å². The van der Waals surface area contributed by atoms with Crippen LogP contribution in [0.2, 0.25) is 0 Å². The van der Waals surface area contributed by atoms with Gasteiger partial charge in [0.05, 0.1) is 0 Å². The van der Waals surface area contributed by atoms with Crippen molar-refractivity contribution in [1.82, 2.24) is 10.2 Å². The number of hydrogen-bond acceptors (Lipinski definition) is 2. The summed E-state index contributed by atoms with van der Waals surface area (Å²) >= 11 is 0. The quantitative estimate of drug-likeness (QED) is 0.665. The predicted molar refractivity (Wildman–Crippen MR) is 81.0 cm³/mol. The topological polar surface area (TPSA) is 15.3 Å². The van der Waals surface area contributed by atoms with Crippen molar-refractivity contribution in [2.24, 2.45) is 5.92 Å². The van der Waals surface area contributed by atoms with Crippen LogP contribution in [-0.2, 0) is 0 Å². The summed E-state index contributed by atoms with van der Waals surface area (Å²) in [7, 11) is 2.35. The van der Waals surface area contributed by atoms with Crippen molar-refractivity contribution < 1.29 is 0 Å². The highest BCUT2D eigenvalue weighted by Crippen LogP contribution is 2.29. The minimum Gasteiger partial charge on any atom is -0.315 e. The van der Waals surface area contributed by atoms with E-state index in [1.807, 2.05) is 0 Å². The highest BCUT2D eigenvalue weighted by Gasteiger charge is 2.26. The van der Waals surface area contributed by atoms with E-state index in [9.17, 15) is 0 Å². The molecular formula is C16H34N2. The van der Waals surface area contributed by atoms with Gasteiger partial charge < -0.3 is 5.32 Å². The molecule has 1 N–H and O–H groups in total. The van der Waals surface area contributed by atoms with Crippen molar-refractivity contribution in [3.8, 4) is 0 Å². The number of nitrogens with one attached hydrogen (secondary N) is 1. The molecule has 1 unspecified atom stereocenters. The van der Waals surface area contributed by atoms with Gasteiger partial charge in [-0.1, -0.05) is 27.2 Å². The van der Waals surface area contributed by atoms with E-state index < -0.39 is 0 Å². The summed E-state index contributed by atoms with van der Waals surface area (Å²) in [5, 5.41) is 3.58. The molecule has 1 aliphatic carbocycles. The molecule has 0 aliphatic heterocycles. The van der Waals surface area contributed by atoms with Crippen LogP contribution in [0, 0.1) is 5.92 Å². The first-order chi connectivity index (χ1) is 8.72. The SMILES string of the molecule is CCCNCC(CC)N(C)C1CCC(CC)CC1. The molecule has 0 bridgehead atoms. The van der Waals surface area contributed by atoms with E-state index in [1.165, 1.54) is 44.9 Å². The summed E-state index contributed by atoms with van der Waals surface area (Å²) in [6, 6.07) is 1.56. The molecule has 108 valence electrons. The van der Waals surface area contributed by atoms with Crippen molar-refractivity contribution in [2.75, 3.05) is 20.1 Å². The number of likely N-dealkylation sites (N-methyl/N-ethyl adjacent to an activating group) is 1. The zero-order valence-corrected chi connectivity index (χ0v) is 13.0. The lowest BCUT2D eigenvalue weighted by Gasteiger charge is -2.39. The lowest BCUT2D eigenvalue weighted by molar-refractivity contribution is 0.115. The van der Waals surface area contributed by atoms with Gasteiger partial charge in [0.25, 0.3) is 0 Å². The largest absolute Gasteiger partial charge is 0.315 e. The number of hydrogen-bond donors (Lipinski definition) is 1. The van der Waals surface area contributed by atoms with Gasteiger partial charge in [-0.2, -0.15) is 0 Å². The van der Waals surface area contributed by atoms with Gasteiger partial charge in [0, 0.05) is 18.6 Å². The molecule has 2 heteroatoms. The summed E-state index contributed by atoms with van der Waals surface area (Å²) in [5.41, 5.74) is 0. The van der Waals surface area contributed by atoms with Gasteiger partial charge in [0.2, 0.25) is 0 Å². The molecule has 18 heavy (non-hydrogen) atoms. The summed E-state index contributed by atoms with van der Waals surface area (Å²) in [6.07, 6.45) is 9.61. The van der Waals surface area contributed by atoms with E-state index in [1.54, 1.807) is 0 Å². The Morgan fingerprint density at radius 2 is 1.78 bits per heavy atom. The van der Waals surface area contributed by atoms with Crippen LogP contribution in [0.1, 0.15) is 65.7 Å². The molecule has 2 nitrogen and oxygen atoms in total. The molecule has 0 aromatic carbocycles. The molecule has 0 heterocycles. The van der Waals surface area contributed by atoms with Gasteiger partial charge in [-0.3, -0.25) is 4.90 Å². The molecule has 0 amide bonds. The van der Waals surface area contributed by atoms with Gasteiger partial charge in [-0.05, 0) is 58.0 Å². The molecule has 1 fully saturated rings. The third kappa shape index (κ3) is 4.89. The fourth-order valence-electron chi connectivity index (χ4n) is 3.28. The molecule has 1 saturated carbocycles. The van der Waals surface area contributed by atoms with Gasteiger partial charge in [-0.15, -0.1) is 0 Å². The van der Waals surface area contributed by atoms with E-state index in [0.717, 1.165) is 31.1 Å². The smallest absolute Gasteiger partial charge is 0.0217 e. The Morgan fingerprint density at radius 1 is 1.11 bits per heavy atom. The monoisotopic (exact) mass is 254 g/mol. The molecule has 1 atom stereocenters. The zero-order valence-electron chi connectivity index (χ0n) is 13.0. The maximum absolute atomic E-state index is 3.58. The summed E-state index contributed by atoms with van der Waals surface area (Å²) in [5.74, 6) is 1.01. The van der Waals surface area contributed by atoms with E-state index in [-0.39, 0.29) is 0 Å². The molecule has 0 radical (unpaired) electrons. The highest BCUT2D eigenvalue weighted by molar-refractivity contribution is 4.82. The third-order valence-corrected chi connectivity index (χ3v) is 4.82. The molecule has 0 saturated heterocycles. The Bertz CT molecular complexity index is 193. The van der Waals surface area contributed by atoms with E-state index in [0.29, 0.717) is 0 Å². The van der Waals surface area contributed by atoms with Gasteiger partial charge in [0.15, 0.2) is 0 Å². The van der Waals surface area contributed by atoms with Gasteiger partial charge in [0.1, 0.15) is 0 Å². The second-order valence-corrected chi connectivity index (χ2v) is 6.01. The maximum atomic E-state index is 3.58. The Balaban J connectivity index is 2.34. The Labute approximate surface area is 115 Å². The fourth-order valence-corrected chi connectivity index (χ4v) is 3.28. The lowest BCUT2D eigenvalue weighted by Crippen LogP contribution is -2.46. The van der Waals surface area contributed by atoms with Crippen molar-refractivity contribution in [1.29, 1.82) is 0 Å². The van der Waals surface area contributed by atoms with Gasteiger partial charge in [-0.25, -0.2) is 0 Å². The van der Waals surface area contributed by atoms with Crippen LogP contribution < -0.4 is 5.32 Å². The fraction of sp³-hybridized carbons (Fsp3) is 1.00. The molecule has 1 rings (SSSR count). The molecule has 0 spiro atoms. The average Bonchev–Trinajstić information content (AvgIpc) is 2.43. The Morgan fingerprint density at radius 3 is 2.28 bits per heavy atom. The van der Waals surface area contributed by atoms with Crippen LogP contribution in [0.25, 0.3) is 0 Å². The third-order valence-electron chi connectivity index (χ3n) is 4.82. The second kappa shape index (κ2) is 8.92. The maximum Gasteiger partial charge on any atom is 0.0217 e. The predicted octanol–water partition coefficient (Wildman–Crippen LogP) is 3.67. The van der Waals surface area contributed by atoms with E-state index >= 15 is 0 Å². The molecular weight excluding hydrogens is 220 g/mol. The Hall–Kier alpha value is -0.0800. The first-order valence-electron chi connectivity index (χ1n) is 8.15. The van der Waals surface area contributed by atoms with Crippen LogP contribution in [0.15, 0.2) is 0 Å². The summed E-state index contributed by atoms with van der Waals surface area (Å²) < 4.78 is 0. The average molecular weight is 254 g/mol. The van der Waals surface area contributed by atoms with Crippen LogP contribution in [0.3, 0.4) is 0 Å². The van der Waals surface area contributed by atoms with Crippen LogP contribution in [0.4, 0.5) is 0 Å². The molecule has 0 aromatic rings. The Kier molecular flexibility index (Phi) is 7.92. The van der Waals surface area contributed by atoms with Crippen molar-refractivity contribution in [3.05, 3.63) is 0 Å². The number of rotatable bonds is 8. The zero-order chi connectivity index (χ0) is 13.4. The minimum absolute atomic E-state index is 0.722. The van der Waals surface area contributed by atoms with Crippen LogP contribution in [0.5, 0.6) is 0 Å². The first-order valence-corrected chi connectivity index (χ1v) is 8.15. The standard InChI is InChI=1S/C16H34N2/c1-5-12-17-13-15(7-3)18(4)16-10-8-14(6-2)9-11-16/h14-17H,5-13H2,1-4H3. The van der Waals surface area contributed by atoms with Gasteiger partial charge >= 0.3 is 0 Å². The minimum atomic E-state index is 0.722. The van der Waals surface area contributed by atoms with E-state index in [4.69, 9.17) is 0 Å². The second-order valence-electron chi connectivity index (χ2n) is 6.01. The first kappa shape index (κ1) is 16.0. The molecule has 1 aliphatic rings. The van der Waals surface area contributed by atoms with Crippen molar-refractivity contribution >= 4 is 0 Å². The normalized spacial score (nSPS) is 26.5. The van der Waals surface area contributed by atoms with Crippen LogP contribution in [-0.4, -0.2) is 37.1 Å². The van der Waals surface area contributed by atoms with E-state index in [2.05, 4.69) is 38.0 Å². The summed E-state index contributed by atoms with van der Waals surface area (Å²) in [4.78, 5) is 2.66. The lowest BCUT2D eigenvalue weighted by atomic mass is 9.83. The molecule has 0 aromatic heterocycles. The van der Waals surface area contributed by atoms with Crippen LogP contribution >= 0.6 is 0 Å². The summed E-state index contributed by atoms with van der Waals surface area (Å²) in [6.45, 7) is 9.23. The van der Waals surface area contributed by atoms with Crippen molar-refractivity contribution in [3.63, 3.8) is 0 Å².